The van der Waals surface area contributed by atoms with E-state index in [0.717, 1.165) is 31.8 Å². The van der Waals surface area contributed by atoms with Gasteiger partial charge in [-0.15, -0.1) is 12.4 Å². The van der Waals surface area contributed by atoms with Crippen molar-refractivity contribution in [1.29, 1.82) is 5.26 Å². The summed E-state index contributed by atoms with van der Waals surface area (Å²) in [6.45, 7) is 1.66. The van der Waals surface area contributed by atoms with Crippen molar-refractivity contribution < 1.29 is 4.74 Å². The molecule has 1 atom stereocenters. The summed E-state index contributed by atoms with van der Waals surface area (Å²) in [5.74, 6) is 0.796. The van der Waals surface area contributed by atoms with Gasteiger partial charge in [0.1, 0.15) is 11.9 Å². The average Bonchev–Trinajstić information content (AvgIpc) is 2.80. The summed E-state index contributed by atoms with van der Waals surface area (Å²) in [5, 5.41) is 11.8. The van der Waals surface area contributed by atoms with Gasteiger partial charge in [-0.1, -0.05) is 0 Å². The Morgan fingerprint density at radius 3 is 3.00 bits per heavy atom. The average molecular weight is 240 g/mol. The van der Waals surface area contributed by atoms with Gasteiger partial charge in [-0.25, -0.2) is 4.98 Å². The second kappa shape index (κ2) is 6.31. The fraction of sp³-hybridized carbons (Fsp3) is 0.455. The predicted molar refractivity (Wildman–Crippen MR) is 63.7 cm³/mol. The van der Waals surface area contributed by atoms with E-state index in [1.807, 2.05) is 12.1 Å². The Kier molecular flexibility index (Phi) is 5.03. The van der Waals surface area contributed by atoms with Crippen LogP contribution in [0.4, 0.5) is 5.82 Å². The molecule has 1 N–H and O–H groups in total. The summed E-state index contributed by atoms with van der Waals surface area (Å²) in [6, 6.07) is 5.60. The molecular weight excluding hydrogens is 226 g/mol. The number of pyridine rings is 1. The van der Waals surface area contributed by atoms with Crippen molar-refractivity contribution in [3.63, 3.8) is 0 Å². The molecule has 1 fully saturated rings. The fourth-order valence-electron chi connectivity index (χ4n) is 1.59. The molecule has 1 unspecified atom stereocenters. The minimum atomic E-state index is 0. The van der Waals surface area contributed by atoms with E-state index in [2.05, 4.69) is 10.3 Å². The Hall–Kier alpha value is -1.31. The highest BCUT2D eigenvalue weighted by molar-refractivity contribution is 5.85. The topological polar surface area (TPSA) is 57.9 Å². The lowest BCUT2D eigenvalue weighted by atomic mass is 10.2. The summed E-state index contributed by atoms with van der Waals surface area (Å²) >= 11 is 0. The fourth-order valence-corrected chi connectivity index (χ4v) is 1.59. The van der Waals surface area contributed by atoms with Gasteiger partial charge >= 0.3 is 0 Å². The summed E-state index contributed by atoms with van der Waals surface area (Å²) in [6.07, 6.45) is 4.14. The van der Waals surface area contributed by atoms with Crippen LogP contribution in [0.2, 0.25) is 0 Å². The van der Waals surface area contributed by atoms with Gasteiger partial charge in [0.2, 0.25) is 0 Å². The molecule has 16 heavy (non-hydrogen) atoms. The zero-order valence-electron chi connectivity index (χ0n) is 8.85. The molecule has 0 amide bonds. The summed E-state index contributed by atoms with van der Waals surface area (Å²) in [7, 11) is 0. The van der Waals surface area contributed by atoms with Crippen molar-refractivity contribution in [2.45, 2.75) is 18.9 Å². The van der Waals surface area contributed by atoms with Crippen LogP contribution in [0.15, 0.2) is 18.3 Å². The van der Waals surface area contributed by atoms with Gasteiger partial charge in [0.05, 0.1) is 11.7 Å². The number of nitrogens with one attached hydrogen (secondary N) is 1. The van der Waals surface area contributed by atoms with E-state index in [0.29, 0.717) is 11.7 Å². The van der Waals surface area contributed by atoms with Crippen molar-refractivity contribution in [2.75, 3.05) is 18.5 Å². The summed E-state index contributed by atoms with van der Waals surface area (Å²) < 4.78 is 5.48. The van der Waals surface area contributed by atoms with Crippen LogP contribution in [0.3, 0.4) is 0 Å². The van der Waals surface area contributed by atoms with Crippen LogP contribution in [0.1, 0.15) is 18.4 Å². The standard InChI is InChI=1S/C11H13N3O.ClH/c12-6-9-3-4-11(13-7-9)14-8-10-2-1-5-15-10;/h3-4,7,10H,1-2,5,8H2,(H,13,14);1H. The molecule has 0 radical (unpaired) electrons. The van der Waals surface area contributed by atoms with Crippen molar-refractivity contribution in [2.24, 2.45) is 0 Å². The number of hydrogen-bond acceptors (Lipinski definition) is 4. The quantitative estimate of drug-likeness (QED) is 0.876. The first-order valence-corrected chi connectivity index (χ1v) is 5.10. The Labute approximate surface area is 101 Å². The molecule has 0 saturated carbocycles. The number of halogens is 1. The molecule has 0 bridgehead atoms. The zero-order chi connectivity index (χ0) is 10.5. The van der Waals surface area contributed by atoms with Gasteiger partial charge in [0.15, 0.2) is 0 Å². The van der Waals surface area contributed by atoms with Crippen LogP contribution in [0.5, 0.6) is 0 Å². The zero-order valence-corrected chi connectivity index (χ0v) is 9.67. The third-order valence-electron chi connectivity index (χ3n) is 2.43. The van der Waals surface area contributed by atoms with Crippen LogP contribution in [0, 0.1) is 11.3 Å². The molecule has 1 aliphatic rings. The van der Waals surface area contributed by atoms with E-state index in [4.69, 9.17) is 10.00 Å². The van der Waals surface area contributed by atoms with Crippen molar-refractivity contribution in [3.8, 4) is 6.07 Å². The normalized spacial score (nSPS) is 18.6. The van der Waals surface area contributed by atoms with Crippen LogP contribution in [0.25, 0.3) is 0 Å². The third-order valence-corrected chi connectivity index (χ3v) is 2.43. The molecule has 1 aromatic heterocycles. The van der Waals surface area contributed by atoms with Gasteiger partial charge in [0.25, 0.3) is 0 Å². The molecule has 1 aromatic rings. The molecule has 86 valence electrons. The maximum atomic E-state index is 8.60. The highest BCUT2D eigenvalue weighted by Gasteiger charge is 2.14. The molecular formula is C11H14ClN3O. The Balaban J connectivity index is 0.00000128. The van der Waals surface area contributed by atoms with Crippen molar-refractivity contribution in [1.82, 2.24) is 4.98 Å². The molecule has 0 spiro atoms. The lowest BCUT2D eigenvalue weighted by Crippen LogP contribution is -2.18. The van der Waals surface area contributed by atoms with Gasteiger partial charge in [-0.05, 0) is 25.0 Å². The number of nitriles is 1. The van der Waals surface area contributed by atoms with Gasteiger partial charge in [0, 0.05) is 19.3 Å². The Morgan fingerprint density at radius 1 is 1.56 bits per heavy atom. The molecule has 4 nitrogen and oxygen atoms in total. The Bertz CT molecular complexity index is 354. The number of ether oxygens (including phenoxy) is 1. The second-order valence-electron chi connectivity index (χ2n) is 3.56. The van der Waals surface area contributed by atoms with Crippen LogP contribution < -0.4 is 5.32 Å². The summed E-state index contributed by atoms with van der Waals surface area (Å²) in [5.41, 5.74) is 0.581. The monoisotopic (exact) mass is 239 g/mol. The molecule has 1 saturated heterocycles. The van der Waals surface area contributed by atoms with Crippen molar-refractivity contribution >= 4 is 18.2 Å². The van der Waals surface area contributed by atoms with E-state index in [1.165, 1.54) is 0 Å². The molecule has 2 heterocycles. The highest BCUT2D eigenvalue weighted by Crippen LogP contribution is 2.12. The maximum Gasteiger partial charge on any atom is 0.126 e. The summed E-state index contributed by atoms with van der Waals surface area (Å²) in [4.78, 5) is 4.12. The van der Waals surface area contributed by atoms with E-state index >= 15 is 0 Å². The van der Waals surface area contributed by atoms with E-state index in [1.54, 1.807) is 12.3 Å². The molecule has 5 heteroatoms. The van der Waals surface area contributed by atoms with E-state index in [9.17, 15) is 0 Å². The van der Waals surface area contributed by atoms with Crippen LogP contribution in [-0.4, -0.2) is 24.2 Å². The van der Waals surface area contributed by atoms with Gasteiger partial charge in [-0.2, -0.15) is 5.26 Å². The largest absolute Gasteiger partial charge is 0.376 e. The molecule has 1 aliphatic heterocycles. The molecule has 0 aromatic carbocycles. The third kappa shape index (κ3) is 3.37. The molecule has 2 rings (SSSR count). The first-order chi connectivity index (χ1) is 7.38. The Morgan fingerprint density at radius 2 is 2.44 bits per heavy atom. The van der Waals surface area contributed by atoms with E-state index < -0.39 is 0 Å². The van der Waals surface area contributed by atoms with Gasteiger partial charge in [-0.3, -0.25) is 0 Å². The lowest BCUT2D eigenvalue weighted by molar-refractivity contribution is 0.120. The first-order valence-electron chi connectivity index (χ1n) is 5.10. The van der Waals surface area contributed by atoms with Gasteiger partial charge < -0.3 is 10.1 Å². The maximum absolute atomic E-state index is 8.60. The lowest BCUT2D eigenvalue weighted by Gasteiger charge is -2.10. The minimum absolute atomic E-state index is 0. The smallest absolute Gasteiger partial charge is 0.126 e. The number of hydrogen-bond donors (Lipinski definition) is 1. The second-order valence-corrected chi connectivity index (χ2v) is 3.56. The minimum Gasteiger partial charge on any atom is -0.376 e. The SMILES string of the molecule is Cl.N#Cc1ccc(NCC2CCCO2)nc1. The highest BCUT2D eigenvalue weighted by atomic mass is 35.5. The van der Waals surface area contributed by atoms with E-state index in [-0.39, 0.29) is 12.4 Å². The van der Waals surface area contributed by atoms with Crippen molar-refractivity contribution in [3.05, 3.63) is 23.9 Å². The predicted octanol–water partition coefficient (Wildman–Crippen LogP) is 1.97. The number of nitrogens with zero attached hydrogens (tertiary/aromatic N) is 2. The number of anilines is 1. The molecule has 0 aliphatic carbocycles. The van der Waals surface area contributed by atoms with Crippen LogP contribution in [-0.2, 0) is 4.74 Å². The number of rotatable bonds is 3. The number of aromatic nitrogens is 1. The first kappa shape index (κ1) is 12.8. The van der Waals surface area contributed by atoms with Crippen LogP contribution >= 0.6 is 12.4 Å².